The second kappa shape index (κ2) is 17.9. The lowest BCUT2D eigenvalue weighted by Gasteiger charge is -2.09. The lowest BCUT2D eigenvalue weighted by atomic mass is 10.2. The van der Waals surface area contributed by atoms with Crippen LogP contribution in [0.15, 0.2) is 116 Å². The standard InChI is InChI=1S/C15H13N3O3.C13H13N3O3.C8H7N3O3/c1-10-17-15(18-21-10)13-14(19)12(7-8-16-13)20-9-11-5-3-2-4-6-11;14-13(16-18)11-12(17)10(6-7-15-11)19-8-9-4-2-1-3-5-9;1-4-10-8(11-14-4)6-7(13)5(12)2-3-9-6/h2-8,19H,9H2,1H3;1-7,17-18H,8H2,(H2,14,16);2-3,13H,1H3,(H,9,12). The van der Waals surface area contributed by atoms with E-state index >= 15 is 0 Å². The van der Waals surface area contributed by atoms with Crippen molar-refractivity contribution in [1.29, 1.82) is 0 Å². The highest BCUT2D eigenvalue weighted by Gasteiger charge is 2.17. The van der Waals surface area contributed by atoms with Crippen LogP contribution in [-0.2, 0) is 13.2 Å². The number of hydrogen-bond donors (Lipinski definition) is 6. The Morgan fingerprint density at radius 2 is 1.28 bits per heavy atom. The van der Waals surface area contributed by atoms with E-state index < -0.39 is 11.2 Å². The van der Waals surface area contributed by atoms with Gasteiger partial charge < -0.3 is 49.8 Å². The Balaban J connectivity index is 0.000000159. The quantitative estimate of drug-likeness (QED) is 0.0510. The summed E-state index contributed by atoms with van der Waals surface area (Å²) < 4.78 is 20.7. The summed E-state index contributed by atoms with van der Waals surface area (Å²) in [4.78, 5) is 29.5. The summed E-state index contributed by atoms with van der Waals surface area (Å²) in [6.07, 6.45) is 4.34. The van der Waals surface area contributed by atoms with Gasteiger partial charge in [0.25, 0.3) is 0 Å². The van der Waals surface area contributed by atoms with Gasteiger partial charge in [-0.15, -0.1) is 0 Å². The number of aromatic nitrogens is 7. The molecule has 7 aromatic rings. The van der Waals surface area contributed by atoms with Gasteiger partial charge in [-0.1, -0.05) is 76.1 Å². The van der Waals surface area contributed by atoms with Crippen molar-refractivity contribution in [2.45, 2.75) is 27.1 Å². The molecule has 0 aliphatic heterocycles. The number of amidine groups is 1. The first-order valence-corrected chi connectivity index (χ1v) is 15.8. The molecule has 7 N–H and O–H groups in total. The number of pyridine rings is 3. The van der Waals surface area contributed by atoms with Gasteiger partial charge >= 0.3 is 0 Å². The van der Waals surface area contributed by atoms with E-state index in [4.69, 9.17) is 29.5 Å². The van der Waals surface area contributed by atoms with E-state index in [1.165, 1.54) is 30.7 Å². The summed E-state index contributed by atoms with van der Waals surface area (Å²) in [6.45, 7) is 3.94. The van der Waals surface area contributed by atoms with E-state index in [9.17, 15) is 20.1 Å². The monoisotopic (exact) mass is 735 g/mol. The minimum absolute atomic E-state index is 0.0203. The maximum Gasteiger partial charge on any atom is 0.224 e. The molecule has 0 radical (unpaired) electrons. The minimum atomic E-state index is -0.485. The molecule has 54 heavy (non-hydrogen) atoms. The van der Waals surface area contributed by atoms with Crippen LogP contribution in [0, 0.1) is 13.8 Å². The average molecular weight is 736 g/mol. The number of nitrogens with zero attached hydrogens (tertiary/aromatic N) is 7. The highest BCUT2D eigenvalue weighted by atomic mass is 16.5. The summed E-state index contributed by atoms with van der Waals surface area (Å²) in [5, 5.41) is 48.2. The third kappa shape index (κ3) is 9.72. The SMILES string of the molecule is Cc1nc(-c2[nH]ccc(=O)c2O)no1.Cc1nc(-c2nccc(OCc3ccccc3)c2O)no1.N/C(=N/O)c1nccc(OCc2ccccc2)c1O. The molecule has 0 aliphatic carbocycles. The minimum Gasteiger partial charge on any atom is -0.503 e. The molecule has 0 spiro atoms. The van der Waals surface area contributed by atoms with Crippen molar-refractivity contribution in [1.82, 2.24) is 35.2 Å². The van der Waals surface area contributed by atoms with Crippen LogP contribution in [0.1, 0.15) is 28.6 Å². The maximum absolute atomic E-state index is 11.1. The number of aromatic hydroxyl groups is 3. The number of oxime groups is 1. The fourth-order valence-electron chi connectivity index (χ4n) is 4.41. The van der Waals surface area contributed by atoms with Crippen LogP contribution in [0.3, 0.4) is 0 Å². The molecular weight excluding hydrogens is 702 g/mol. The molecule has 0 saturated carbocycles. The van der Waals surface area contributed by atoms with Crippen molar-refractivity contribution in [3.05, 3.63) is 136 Å². The van der Waals surface area contributed by atoms with Gasteiger partial charge in [-0.05, 0) is 11.1 Å². The Hall–Kier alpha value is -7.76. The Morgan fingerprint density at radius 3 is 1.81 bits per heavy atom. The van der Waals surface area contributed by atoms with Gasteiger partial charge in [0.15, 0.2) is 46.0 Å². The summed E-state index contributed by atoms with van der Waals surface area (Å²) >= 11 is 0. The highest BCUT2D eigenvalue weighted by molar-refractivity contribution is 5.98. The number of rotatable bonds is 9. The molecule has 0 unspecified atom stereocenters. The first-order valence-electron chi connectivity index (χ1n) is 15.8. The topological polar surface area (TPSA) is 274 Å². The molecule has 0 fully saturated rings. The number of aromatic amines is 1. The first kappa shape index (κ1) is 37.5. The number of H-pyrrole nitrogens is 1. The van der Waals surface area contributed by atoms with E-state index in [1.807, 2.05) is 60.7 Å². The molecular formula is C36H33N9O9. The Kier molecular flexibility index (Phi) is 12.5. The van der Waals surface area contributed by atoms with Crippen molar-refractivity contribution >= 4 is 5.84 Å². The van der Waals surface area contributed by atoms with E-state index in [2.05, 4.69) is 40.4 Å². The number of nitrogens with one attached hydrogen (secondary N) is 1. The lowest BCUT2D eigenvalue weighted by molar-refractivity contribution is 0.287. The molecule has 0 amide bonds. The van der Waals surface area contributed by atoms with Gasteiger partial charge in [-0.3, -0.25) is 4.79 Å². The van der Waals surface area contributed by atoms with Crippen molar-refractivity contribution in [3.63, 3.8) is 0 Å². The summed E-state index contributed by atoms with van der Waals surface area (Å²) in [7, 11) is 0. The lowest BCUT2D eigenvalue weighted by Crippen LogP contribution is -2.15. The zero-order valence-electron chi connectivity index (χ0n) is 28.7. The summed E-state index contributed by atoms with van der Waals surface area (Å²) in [5.74, 6) is 0.671. The van der Waals surface area contributed by atoms with E-state index in [1.54, 1.807) is 19.9 Å². The van der Waals surface area contributed by atoms with Gasteiger partial charge in [0.2, 0.25) is 28.9 Å². The van der Waals surface area contributed by atoms with Crippen molar-refractivity contribution in [3.8, 4) is 51.8 Å². The van der Waals surface area contributed by atoms with Crippen LogP contribution in [0.25, 0.3) is 23.0 Å². The normalized spacial score (nSPS) is 10.7. The summed E-state index contributed by atoms with van der Waals surface area (Å²) in [5.41, 5.74) is 7.25. The number of ether oxygens (including phenoxy) is 2. The Morgan fingerprint density at radius 1 is 0.741 bits per heavy atom. The third-order valence-electron chi connectivity index (χ3n) is 7.02. The zero-order valence-corrected chi connectivity index (χ0v) is 28.7. The van der Waals surface area contributed by atoms with Crippen LogP contribution in [0.2, 0.25) is 0 Å². The van der Waals surface area contributed by atoms with Gasteiger partial charge in [0.05, 0.1) is 0 Å². The van der Waals surface area contributed by atoms with Crippen LogP contribution in [0.5, 0.6) is 28.7 Å². The zero-order chi connectivity index (χ0) is 38.5. The molecule has 0 aliphatic rings. The van der Waals surface area contributed by atoms with Gasteiger partial charge in [-0.2, -0.15) is 9.97 Å². The molecule has 18 heteroatoms. The summed E-state index contributed by atoms with van der Waals surface area (Å²) in [6, 6.07) is 23.5. The molecule has 2 aromatic carbocycles. The van der Waals surface area contributed by atoms with Gasteiger partial charge in [-0.25, -0.2) is 9.97 Å². The van der Waals surface area contributed by atoms with E-state index in [-0.39, 0.29) is 51.8 Å². The third-order valence-corrected chi connectivity index (χ3v) is 7.02. The van der Waals surface area contributed by atoms with Crippen LogP contribution in [0.4, 0.5) is 0 Å². The molecule has 276 valence electrons. The number of hydrogen-bond acceptors (Lipinski definition) is 16. The van der Waals surface area contributed by atoms with Crippen molar-refractivity contribution in [2.24, 2.45) is 10.9 Å². The smallest absolute Gasteiger partial charge is 0.224 e. The van der Waals surface area contributed by atoms with Crippen LogP contribution in [-0.4, -0.2) is 61.6 Å². The number of nitrogens with two attached hydrogens (primary N) is 1. The number of benzene rings is 2. The highest BCUT2D eigenvalue weighted by Crippen LogP contribution is 2.34. The first-order chi connectivity index (χ1) is 26.1. The van der Waals surface area contributed by atoms with Crippen molar-refractivity contribution in [2.75, 3.05) is 0 Å². The molecule has 0 bridgehead atoms. The molecule has 7 rings (SSSR count). The Labute approximate surface area is 305 Å². The predicted octanol–water partition coefficient (Wildman–Crippen LogP) is 4.62. The Bertz CT molecular complexity index is 2360. The fraction of sp³-hybridized carbons (Fsp3) is 0.111. The largest absolute Gasteiger partial charge is 0.503 e. The molecule has 18 nitrogen and oxygen atoms in total. The van der Waals surface area contributed by atoms with E-state index in [0.29, 0.717) is 30.7 Å². The van der Waals surface area contributed by atoms with Crippen LogP contribution < -0.4 is 20.6 Å². The van der Waals surface area contributed by atoms with Gasteiger partial charge in [0, 0.05) is 50.6 Å². The molecule has 0 saturated heterocycles. The molecule has 5 heterocycles. The van der Waals surface area contributed by atoms with Crippen molar-refractivity contribution < 1.29 is 39.0 Å². The molecule has 5 aromatic heterocycles. The average Bonchev–Trinajstić information content (AvgIpc) is 3.83. The fourth-order valence-corrected chi connectivity index (χ4v) is 4.41. The molecule has 0 atom stereocenters. The van der Waals surface area contributed by atoms with Gasteiger partial charge in [0.1, 0.15) is 18.9 Å². The van der Waals surface area contributed by atoms with Crippen LogP contribution >= 0.6 is 0 Å². The number of aryl methyl sites for hydroxylation is 2. The van der Waals surface area contributed by atoms with E-state index in [0.717, 1.165) is 11.1 Å². The second-order valence-electron chi connectivity index (χ2n) is 10.9. The maximum atomic E-state index is 11.1. The second-order valence-corrected chi connectivity index (χ2v) is 10.9. The predicted molar refractivity (Wildman–Crippen MR) is 191 cm³/mol.